The normalized spacial score (nSPS) is 13.6. The predicted molar refractivity (Wildman–Crippen MR) is 103 cm³/mol. The molecule has 7 nitrogen and oxygen atoms in total. The van der Waals surface area contributed by atoms with Gasteiger partial charge in [0.15, 0.2) is 11.6 Å². The Labute approximate surface area is 155 Å². The summed E-state index contributed by atoms with van der Waals surface area (Å²) in [4.78, 5) is 28.3. The quantitative estimate of drug-likeness (QED) is 0.561. The van der Waals surface area contributed by atoms with Gasteiger partial charge in [-0.15, -0.1) is 0 Å². The SMILES string of the molecule is O=c1c2ccc(-c3nccc(N4CCC4)n3)cc2cnn1-c1ccccn1. The molecule has 1 fully saturated rings. The van der Waals surface area contributed by atoms with Gasteiger partial charge >= 0.3 is 0 Å². The van der Waals surface area contributed by atoms with Gasteiger partial charge in [-0.05, 0) is 36.8 Å². The van der Waals surface area contributed by atoms with Crippen LogP contribution in [-0.4, -0.2) is 37.8 Å². The van der Waals surface area contributed by atoms with Crippen molar-refractivity contribution < 1.29 is 0 Å². The Morgan fingerprint density at radius 3 is 2.63 bits per heavy atom. The number of rotatable bonds is 3. The Balaban J connectivity index is 1.58. The van der Waals surface area contributed by atoms with E-state index < -0.39 is 0 Å². The van der Waals surface area contributed by atoms with Gasteiger partial charge in [0, 0.05) is 36.4 Å². The van der Waals surface area contributed by atoms with E-state index in [0.717, 1.165) is 29.9 Å². The van der Waals surface area contributed by atoms with Gasteiger partial charge in [0.2, 0.25) is 0 Å². The molecule has 0 spiro atoms. The molecule has 4 heterocycles. The second kappa shape index (κ2) is 6.28. The number of benzene rings is 1. The van der Waals surface area contributed by atoms with Gasteiger partial charge in [-0.1, -0.05) is 12.1 Å². The number of anilines is 1. The molecule has 5 rings (SSSR count). The summed E-state index contributed by atoms with van der Waals surface area (Å²) in [7, 11) is 0. The molecule has 3 aromatic heterocycles. The molecule has 132 valence electrons. The first-order valence-corrected chi connectivity index (χ1v) is 8.81. The molecule has 0 aliphatic carbocycles. The predicted octanol–water partition coefficient (Wildman–Crippen LogP) is 2.45. The summed E-state index contributed by atoms with van der Waals surface area (Å²) >= 11 is 0. The molecule has 0 amide bonds. The van der Waals surface area contributed by atoms with E-state index in [0.29, 0.717) is 17.0 Å². The fourth-order valence-corrected chi connectivity index (χ4v) is 3.14. The second-order valence-corrected chi connectivity index (χ2v) is 6.43. The number of hydrogen-bond donors (Lipinski definition) is 0. The zero-order valence-electron chi connectivity index (χ0n) is 14.5. The summed E-state index contributed by atoms with van der Waals surface area (Å²) in [6.07, 6.45) is 6.29. The lowest BCUT2D eigenvalue weighted by atomic mass is 10.1. The van der Waals surface area contributed by atoms with Crippen LogP contribution in [0.2, 0.25) is 0 Å². The smallest absolute Gasteiger partial charge is 0.280 e. The van der Waals surface area contributed by atoms with Crippen molar-refractivity contribution in [3.05, 3.63) is 71.4 Å². The largest absolute Gasteiger partial charge is 0.356 e. The molecule has 7 heteroatoms. The van der Waals surface area contributed by atoms with Crippen LogP contribution in [0.15, 0.2) is 65.8 Å². The van der Waals surface area contributed by atoms with Crippen molar-refractivity contribution in [1.82, 2.24) is 24.7 Å². The minimum atomic E-state index is -0.201. The van der Waals surface area contributed by atoms with Crippen molar-refractivity contribution in [2.75, 3.05) is 18.0 Å². The standard InChI is InChI=1S/C20H16N6O/c27-20-16-6-5-14(19-22-9-7-18(24-19)25-10-3-11-25)12-15(16)13-23-26(20)17-4-1-2-8-21-17/h1-2,4-9,12-13H,3,10-11H2. The number of nitrogens with zero attached hydrogens (tertiary/aromatic N) is 6. The molecule has 27 heavy (non-hydrogen) atoms. The molecule has 0 radical (unpaired) electrons. The van der Waals surface area contributed by atoms with Gasteiger partial charge in [0.25, 0.3) is 5.56 Å². The second-order valence-electron chi connectivity index (χ2n) is 6.43. The van der Waals surface area contributed by atoms with Crippen molar-refractivity contribution in [3.63, 3.8) is 0 Å². The fraction of sp³-hybridized carbons (Fsp3) is 0.150. The first-order valence-electron chi connectivity index (χ1n) is 8.81. The van der Waals surface area contributed by atoms with E-state index in [1.165, 1.54) is 11.1 Å². The average molecular weight is 356 g/mol. The van der Waals surface area contributed by atoms with E-state index in [1.807, 2.05) is 24.3 Å². The van der Waals surface area contributed by atoms with Crippen molar-refractivity contribution in [1.29, 1.82) is 0 Å². The molecule has 1 aliphatic heterocycles. The maximum atomic E-state index is 12.8. The molecular weight excluding hydrogens is 340 g/mol. The van der Waals surface area contributed by atoms with Crippen molar-refractivity contribution in [2.24, 2.45) is 0 Å². The van der Waals surface area contributed by atoms with Crippen molar-refractivity contribution in [2.45, 2.75) is 6.42 Å². The van der Waals surface area contributed by atoms with Gasteiger partial charge in [-0.3, -0.25) is 4.79 Å². The number of hydrogen-bond acceptors (Lipinski definition) is 6. The van der Waals surface area contributed by atoms with Crippen LogP contribution in [0.1, 0.15) is 6.42 Å². The number of aromatic nitrogens is 5. The Morgan fingerprint density at radius 1 is 0.926 bits per heavy atom. The Morgan fingerprint density at radius 2 is 1.85 bits per heavy atom. The first-order chi connectivity index (χ1) is 13.3. The highest BCUT2D eigenvalue weighted by Crippen LogP contribution is 2.23. The minimum absolute atomic E-state index is 0.201. The van der Waals surface area contributed by atoms with Crippen molar-refractivity contribution in [3.8, 4) is 17.2 Å². The van der Waals surface area contributed by atoms with Crippen LogP contribution in [-0.2, 0) is 0 Å². The first kappa shape index (κ1) is 15.6. The lowest BCUT2D eigenvalue weighted by Gasteiger charge is -2.31. The molecule has 1 saturated heterocycles. The summed E-state index contributed by atoms with van der Waals surface area (Å²) in [5, 5.41) is 5.61. The van der Waals surface area contributed by atoms with Gasteiger partial charge in [-0.25, -0.2) is 15.0 Å². The molecular formula is C20H16N6O. The molecule has 0 bridgehead atoms. The zero-order valence-corrected chi connectivity index (χ0v) is 14.5. The van der Waals surface area contributed by atoms with Gasteiger partial charge < -0.3 is 4.90 Å². The highest BCUT2D eigenvalue weighted by molar-refractivity contribution is 5.85. The van der Waals surface area contributed by atoms with Crippen LogP contribution < -0.4 is 10.5 Å². The van der Waals surface area contributed by atoms with E-state index in [1.54, 1.807) is 36.8 Å². The Kier molecular flexibility index (Phi) is 3.64. The van der Waals surface area contributed by atoms with Gasteiger partial charge in [0.1, 0.15) is 5.82 Å². The maximum Gasteiger partial charge on any atom is 0.280 e. The third kappa shape index (κ3) is 2.73. The van der Waals surface area contributed by atoms with Gasteiger partial charge in [0.05, 0.1) is 11.6 Å². The van der Waals surface area contributed by atoms with Crippen LogP contribution in [0.3, 0.4) is 0 Å². The molecule has 0 atom stereocenters. The van der Waals surface area contributed by atoms with Crippen LogP contribution in [0, 0.1) is 0 Å². The van der Waals surface area contributed by atoms with E-state index >= 15 is 0 Å². The summed E-state index contributed by atoms with van der Waals surface area (Å²) < 4.78 is 1.31. The monoisotopic (exact) mass is 356 g/mol. The molecule has 0 saturated carbocycles. The molecule has 1 aliphatic rings. The maximum absolute atomic E-state index is 12.8. The van der Waals surface area contributed by atoms with Crippen LogP contribution in [0.5, 0.6) is 0 Å². The summed E-state index contributed by atoms with van der Waals surface area (Å²) in [6.45, 7) is 2.07. The molecule has 4 aromatic rings. The zero-order chi connectivity index (χ0) is 18.2. The lowest BCUT2D eigenvalue weighted by molar-refractivity contribution is 0.609. The highest BCUT2D eigenvalue weighted by atomic mass is 16.1. The third-order valence-corrected chi connectivity index (χ3v) is 4.73. The van der Waals surface area contributed by atoms with E-state index in [2.05, 4.69) is 25.0 Å². The van der Waals surface area contributed by atoms with Crippen LogP contribution in [0.25, 0.3) is 28.0 Å². The molecule has 0 N–H and O–H groups in total. The average Bonchev–Trinajstić information content (AvgIpc) is 2.68. The molecule has 1 aromatic carbocycles. The number of fused-ring (bicyclic) bond motifs is 1. The lowest BCUT2D eigenvalue weighted by Crippen LogP contribution is -2.37. The summed E-state index contributed by atoms with van der Waals surface area (Å²) in [5.41, 5.74) is 0.662. The van der Waals surface area contributed by atoms with Crippen LogP contribution >= 0.6 is 0 Å². The molecule has 0 unspecified atom stereocenters. The summed E-state index contributed by atoms with van der Waals surface area (Å²) in [5.74, 6) is 2.09. The number of pyridine rings is 1. The van der Waals surface area contributed by atoms with Gasteiger partial charge in [-0.2, -0.15) is 9.78 Å². The van der Waals surface area contributed by atoms with E-state index in [-0.39, 0.29) is 5.56 Å². The minimum Gasteiger partial charge on any atom is -0.356 e. The van der Waals surface area contributed by atoms with Crippen LogP contribution in [0.4, 0.5) is 5.82 Å². The van der Waals surface area contributed by atoms with E-state index in [9.17, 15) is 4.79 Å². The topological polar surface area (TPSA) is 76.8 Å². The summed E-state index contributed by atoms with van der Waals surface area (Å²) in [6, 6.07) is 12.9. The Bertz CT molecular complexity index is 1180. The Hall–Kier alpha value is -3.61. The van der Waals surface area contributed by atoms with E-state index in [4.69, 9.17) is 0 Å². The van der Waals surface area contributed by atoms with Crippen molar-refractivity contribution >= 4 is 16.6 Å². The third-order valence-electron chi connectivity index (χ3n) is 4.73. The fourth-order valence-electron chi connectivity index (χ4n) is 3.14. The highest BCUT2D eigenvalue weighted by Gasteiger charge is 2.16.